The van der Waals surface area contributed by atoms with Gasteiger partial charge in [-0.05, 0) is 17.2 Å². The van der Waals surface area contributed by atoms with Gasteiger partial charge in [-0.25, -0.2) is 14.8 Å². The highest BCUT2D eigenvalue weighted by Crippen LogP contribution is 2.35. The zero-order valence-corrected chi connectivity index (χ0v) is 15.2. The third-order valence-corrected chi connectivity index (χ3v) is 5.37. The Morgan fingerprint density at radius 1 is 1.04 bits per heavy atom. The molecule has 0 aliphatic carbocycles. The maximum absolute atomic E-state index is 11.8. The molecule has 0 amide bonds. The van der Waals surface area contributed by atoms with Crippen molar-refractivity contribution < 1.29 is 9.90 Å². The van der Waals surface area contributed by atoms with E-state index in [-0.39, 0.29) is 0 Å². The molecule has 2 heterocycles. The van der Waals surface area contributed by atoms with Gasteiger partial charge in [0.2, 0.25) is 0 Å². The Labute approximate surface area is 160 Å². The van der Waals surface area contributed by atoms with Crippen LogP contribution in [0.15, 0.2) is 73.1 Å². The van der Waals surface area contributed by atoms with Crippen LogP contribution in [0.2, 0.25) is 0 Å². The fourth-order valence-electron chi connectivity index (χ4n) is 2.93. The quantitative estimate of drug-likeness (QED) is 0.520. The van der Waals surface area contributed by atoms with Crippen molar-refractivity contribution in [2.75, 3.05) is 5.32 Å². The number of aliphatic carboxylic acids is 1. The van der Waals surface area contributed by atoms with E-state index >= 15 is 0 Å². The topological polar surface area (TPSA) is 75.1 Å². The fourth-order valence-corrected chi connectivity index (χ4v) is 3.93. The van der Waals surface area contributed by atoms with Gasteiger partial charge in [0.15, 0.2) is 0 Å². The molecule has 0 bridgehead atoms. The molecule has 4 rings (SSSR count). The highest BCUT2D eigenvalue weighted by atomic mass is 32.1. The molecule has 0 saturated carbocycles. The van der Waals surface area contributed by atoms with Crippen molar-refractivity contribution in [2.24, 2.45) is 0 Å². The molecule has 0 aliphatic rings. The highest BCUT2D eigenvalue weighted by Gasteiger charge is 2.20. The summed E-state index contributed by atoms with van der Waals surface area (Å²) in [6.45, 7) is 0. The maximum atomic E-state index is 11.8. The minimum Gasteiger partial charge on any atom is -0.480 e. The second-order valence-corrected chi connectivity index (χ2v) is 7.17. The Morgan fingerprint density at radius 3 is 2.44 bits per heavy atom. The van der Waals surface area contributed by atoms with Crippen molar-refractivity contribution in [3.63, 3.8) is 0 Å². The molecule has 6 heteroatoms. The van der Waals surface area contributed by atoms with Crippen LogP contribution in [-0.4, -0.2) is 27.1 Å². The zero-order valence-electron chi connectivity index (χ0n) is 14.4. The van der Waals surface area contributed by atoms with Gasteiger partial charge in [-0.2, -0.15) is 0 Å². The van der Waals surface area contributed by atoms with Crippen LogP contribution in [0.3, 0.4) is 0 Å². The Balaban J connectivity index is 1.66. The minimum absolute atomic E-state index is 0.372. The summed E-state index contributed by atoms with van der Waals surface area (Å²) >= 11 is 1.57. The molecule has 0 spiro atoms. The van der Waals surface area contributed by atoms with E-state index in [4.69, 9.17) is 0 Å². The molecule has 0 fully saturated rings. The van der Waals surface area contributed by atoms with E-state index in [0.29, 0.717) is 12.2 Å². The summed E-state index contributed by atoms with van der Waals surface area (Å²) in [4.78, 5) is 22.3. The number of anilines is 1. The van der Waals surface area contributed by atoms with Crippen LogP contribution in [0.4, 0.5) is 5.82 Å². The van der Waals surface area contributed by atoms with Crippen molar-refractivity contribution >= 4 is 33.3 Å². The van der Waals surface area contributed by atoms with E-state index in [1.54, 1.807) is 11.3 Å². The SMILES string of the molecule is O=C(O)C(Cc1ccccc1)Nc1ncnc2sc(-c3ccccc3)cc12. The Bertz CT molecular complexity index is 1060. The van der Waals surface area contributed by atoms with Gasteiger partial charge in [0.25, 0.3) is 0 Å². The molecule has 0 radical (unpaired) electrons. The molecule has 134 valence electrons. The molecule has 1 unspecified atom stereocenters. The summed E-state index contributed by atoms with van der Waals surface area (Å²) in [5, 5.41) is 13.6. The first-order chi connectivity index (χ1) is 13.2. The lowest BCUT2D eigenvalue weighted by molar-refractivity contribution is -0.137. The largest absolute Gasteiger partial charge is 0.480 e. The maximum Gasteiger partial charge on any atom is 0.326 e. The van der Waals surface area contributed by atoms with Crippen molar-refractivity contribution in [3.05, 3.63) is 78.6 Å². The van der Waals surface area contributed by atoms with E-state index in [0.717, 1.165) is 26.2 Å². The fraction of sp³-hybridized carbons (Fsp3) is 0.0952. The Hall–Kier alpha value is -3.25. The van der Waals surface area contributed by atoms with Crippen LogP contribution in [-0.2, 0) is 11.2 Å². The highest BCUT2D eigenvalue weighted by molar-refractivity contribution is 7.21. The lowest BCUT2D eigenvalue weighted by atomic mass is 10.1. The van der Waals surface area contributed by atoms with Gasteiger partial charge in [-0.1, -0.05) is 60.7 Å². The van der Waals surface area contributed by atoms with Gasteiger partial charge < -0.3 is 10.4 Å². The number of nitrogens with one attached hydrogen (secondary N) is 1. The molecule has 0 aliphatic heterocycles. The van der Waals surface area contributed by atoms with Crippen LogP contribution in [0, 0.1) is 0 Å². The molecule has 2 aromatic heterocycles. The Kier molecular flexibility index (Phi) is 4.80. The number of benzene rings is 2. The van der Waals surface area contributed by atoms with E-state index in [1.807, 2.05) is 66.7 Å². The van der Waals surface area contributed by atoms with Crippen molar-refractivity contribution in [2.45, 2.75) is 12.5 Å². The molecule has 4 aromatic rings. The van der Waals surface area contributed by atoms with E-state index in [1.165, 1.54) is 6.33 Å². The summed E-state index contributed by atoms with van der Waals surface area (Å²) in [7, 11) is 0. The predicted octanol–water partition coefficient (Wildman–Crippen LogP) is 4.47. The molecule has 2 aromatic carbocycles. The van der Waals surface area contributed by atoms with Crippen molar-refractivity contribution in [1.82, 2.24) is 9.97 Å². The van der Waals surface area contributed by atoms with Crippen molar-refractivity contribution in [3.8, 4) is 10.4 Å². The number of hydrogen-bond acceptors (Lipinski definition) is 5. The molecule has 27 heavy (non-hydrogen) atoms. The number of fused-ring (bicyclic) bond motifs is 1. The predicted molar refractivity (Wildman–Crippen MR) is 108 cm³/mol. The first kappa shape index (κ1) is 17.2. The smallest absolute Gasteiger partial charge is 0.326 e. The molecule has 2 N–H and O–H groups in total. The number of carboxylic acid groups (broad SMARTS) is 1. The summed E-state index contributed by atoms with van der Waals surface area (Å²) < 4.78 is 0. The molecule has 1 atom stereocenters. The molecular formula is C21H17N3O2S. The average molecular weight is 375 g/mol. The van der Waals surface area contributed by atoms with Crippen LogP contribution in [0.1, 0.15) is 5.56 Å². The number of carbonyl (C=O) groups is 1. The van der Waals surface area contributed by atoms with Gasteiger partial charge in [0.1, 0.15) is 23.0 Å². The molecule has 0 saturated heterocycles. The summed E-state index contributed by atoms with van der Waals surface area (Å²) in [5.74, 6) is -0.370. The zero-order chi connectivity index (χ0) is 18.6. The first-order valence-electron chi connectivity index (χ1n) is 8.54. The third-order valence-electron chi connectivity index (χ3n) is 4.28. The first-order valence-corrected chi connectivity index (χ1v) is 9.35. The monoisotopic (exact) mass is 375 g/mol. The molecule has 5 nitrogen and oxygen atoms in total. The van der Waals surface area contributed by atoms with Gasteiger partial charge in [0.05, 0.1) is 5.39 Å². The lowest BCUT2D eigenvalue weighted by Crippen LogP contribution is -2.32. The summed E-state index contributed by atoms with van der Waals surface area (Å²) in [6.07, 6.45) is 1.84. The Morgan fingerprint density at radius 2 is 1.74 bits per heavy atom. The normalized spacial score (nSPS) is 12.0. The standard InChI is InChI=1S/C21H17N3O2S/c25-21(26)17(11-14-7-3-1-4-8-14)24-19-16-12-18(15-9-5-2-6-10-15)27-20(16)23-13-22-19/h1-10,12-13,17H,11H2,(H,25,26)(H,22,23,24). The van der Waals surface area contributed by atoms with E-state index < -0.39 is 12.0 Å². The minimum atomic E-state index is -0.913. The van der Waals surface area contributed by atoms with Gasteiger partial charge in [0, 0.05) is 11.3 Å². The summed E-state index contributed by atoms with van der Waals surface area (Å²) in [5.41, 5.74) is 2.06. The number of rotatable bonds is 6. The van der Waals surface area contributed by atoms with Crippen LogP contribution in [0.25, 0.3) is 20.7 Å². The van der Waals surface area contributed by atoms with Crippen LogP contribution < -0.4 is 5.32 Å². The second-order valence-electron chi connectivity index (χ2n) is 6.14. The van der Waals surface area contributed by atoms with Gasteiger partial charge >= 0.3 is 5.97 Å². The number of nitrogens with zero attached hydrogens (tertiary/aromatic N) is 2. The third kappa shape index (κ3) is 3.80. The lowest BCUT2D eigenvalue weighted by Gasteiger charge is -2.15. The summed E-state index contributed by atoms with van der Waals surface area (Å²) in [6, 6.07) is 20.9. The van der Waals surface area contributed by atoms with Gasteiger partial charge in [-0.3, -0.25) is 0 Å². The number of thiophene rings is 1. The number of carboxylic acids is 1. The number of aromatic nitrogens is 2. The molecular weight excluding hydrogens is 358 g/mol. The van der Waals surface area contributed by atoms with Gasteiger partial charge in [-0.15, -0.1) is 11.3 Å². The number of hydrogen-bond donors (Lipinski definition) is 2. The average Bonchev–Trinajstić information content (AvgIpc) is 3.14. The second kappa shape index (κ2) is 7.55. The van der Waals surface area contributed by atoms with Crippen LogP contribution in [0.5, 0.6) is 0 Å². The van der Waals surface area contributed by atoms with E-state index in [9.17, 15) is 9.90 Å². The van der Waals surface area contributed by atoms with Crippen molar-refractivity contribution in [1.29, 1.82) is 0 Å². The van der Waals surface area contributed by atoms with E-state index in [2.05, 4.69) is 15.3 Å². The van der Waals surface area contributed by atoms with Crippen LogP contribution >= 0.6 is 11.3 Å².